The maximum Gasteiger partial charge on any atom is 0.237 e. The maximum absolute atomic E-state index is 13.7. The molecule has 0 bridgehead atoms. The molecule has 2 aromatic carbocycles. The van der Waals surface area contributed by atoms with Crippen LogP contribution in [0, 0.1) is 11.6 Å². The van der Waals surface area contributed by atoms with Crippen molar-refractivity contribution in [2.75, 3.05) is 6.26 Å². The van der Waals surface area contributed by atoms with Crippen LogP contribution >= 0.6 is 0 Å². The molecule has 2 unspecified atom stereocenters. The second kappa shape index (κ2) is 8.58. The Hall–Kier alpha value is -2.32. The highest BCUT2D eigenvalue weighted by molar-refractivity contribution is 7.90. The lowest BCUT2D eigenvalue weighted by atomic mass is 9.97. The van der Waals surface area contributed by atoms with Gasteiger partial charge in [-0.15, -0.1) is 0 Å². The van der Waals surface area contributed by atoms with Gasteiger partial charge in [-0.25, -0.2) is 17.2 Å². The zero-order valence-electron chi connectivity index (χ0n) is 15.1. The van der Waals surface area contributed by atoms with Crippen LogP contribution in [0.15, 0.2) is 47.4 Å². The van der Waals surface area contributed by atoms with Crippen LogP contribution in [-0.4, -0.2) is 26.6 Å². The second-order valence-corrected chi connectivity index (χ2v) is 8.37. The minimum atomic E-state index is -3.48. The predicted octanol–water partition coefficient (Wildman–Crippen LogP) is 2.70. The molecule has 0 radical (unpaired) electrons. The average molecular weight is 396 g/mol. The van der Waals surface area contributed by atoms with Crippen molar-refractivity contribution in [3.63, 3.8) is 0 Å². The summed E-state index contributed by atoms with van der Waals surface area (Å²) in [4.78, 5) is 12.5. The Bertz CT molecular complexity index is 932. The summed E-state index contributed by atoms with van der Waals surface area (Å²) in [6, 6.07) is 7.57. The third kappa shape index (κ3) is 5.33. The van der Waals surface area contributed by atoms with E-state index in [1.807, 2.05) is 6.92 Å². The van der Waals surface area contributed by atoms with Crippen molar-refractivity contribution >= 4 is 15.7 Å². The number of amides is 1. The topological polar surface area (TPSA) is 89.3 Å². The van der Waals surface area contributed by atoms with E-state index < -0.39 is 39.5 Å². The number of rotatable bonds is 7. The van der Waals surface area contributed by atoms with Crippen LogP contribution in [0.25, 0.3) is 0 Å². The van der Waals surface area contributed by atoms with E-state index in [1.165, 1.54) is 24.3 Å². The Morgan fingerprint density at radius 3 is 2.37 bits per heavy atom. The summed E-state index contributed by atoms with van der Waals surface area (Å²) in [5.74, 6) is -2.54. The number of nitrogens with one attached hydrogen (secondary N) is 1. The molecule has 0 heterocycles. The van der Waals surface area contributed by atoms with Gasteiger partial charge in [0.15, 0.2) is 21.5 Å². The molecule has 0 aliphatic rings. The second-order valence-electron chi connectivity index (χ2n) is 6.35. The van der Waals surface area contributed by atoms with Crippen molar-refractivity contribution in [3.8, 4) is 0 Å². The quantitative estimate of drug-likeness (QED) is 0.753. The van der Waals surface area contributed by atoms with Gasteiger partial charge >= 0.3 is 0 Å². The average Bonchev–Trinajstić information content (AvgIpc) is 2.61. The summed E-state index contributed by atoms with van der Waals surface area (Å²) in [5, 5.41) is 2.71. The molecule has 2 atom stereocenters. The van der Waals surface area contributed by atoms with Gasteiger partial charge in [-0.05, 0) is 41.8 Å². The van der Waals surface area contributed by atoms with Crippen LogP contribution in [-0.2, 0) is 14.6 Å². The Labute approximate surface area is 157 Å². The lowest BCUT2D eigenvalue weighted by molar-refractivity contribution is -0.123. The van der Waals surface area contributed by atoms with Crippen molar-refractivity contribution < 1.29 is 22.0 Å². The van der Waals surface area contributed by atoms with Gasteiger partial charge in [0.25, 0.3) is 0 Å². The molecule has 2 aromatic rings. The van der Waals surface area contributed by atoms with Crippen LogP contribution in [0.4, 0.5) is 8.78 Å². The highest BCUT2D eigenvalue weighted by atomic mass is 32.2. The highest BCUT2D eigenvalue weighted by Crippen LogP contribution is 2.26. The molecule has 8 heteroatoms. The molecule has 0 aromatic heterocycles. The van der Waals surface area contributed by atoms with E-state index in [0.29, 0.717) is 18.4 Å². The number of hydrogen-bond donors (Lipinski definition) is 2. The molecule has 27 heavy (non-hydrogen) atoms. The van der Waals surface area contributed by atoms with Crippen LogP contribution in [0.2, 0.25) is 0 Å². The van der Waals surface area contributed by atoms with Crippen LogP contribution in [0.5, 0.6) is 0 Å². The van der Waals surface area contributed by atoms with Gasteiger partial charge in [0.05, 0.1) is 17.0 Å². The molecule has 5 nitrogen and oxygen atoms in total. The third-order valence-corrected chi connectivity index (χ3v) is 5.23. The molecule has 1 amide bonds. The van der Waals surface area contributed by atoms with Crippen molar-refractivity contribution in [3.05, 3.63) is 65.2 Å². The zero-order valence-corrected chi connectivity index (χ0v) is 15.9. The summed E-state index contributed by atoms with van der Waals surface area (Å²) in [6.07, 6.45) is 2.22. The summed E-state index contributed by atoms with van der Waals surface area (Å²) >= 11 is 0. The minimum Gasteiger partial charge on any atom is -0.344 e. The molecule has 0 spiro atoms. The first-order valence-electron chi connectivity index (χ1n) is 8.44. The summed E-state index contributed by atoms with van der Waals surface area (Å²) in [5.41, 5.74) is 6.54. The first-order chi connectivity index (χ1) is 12.6. The molecule has 0 aliphatic carbocycles. The number of nitrogens with two attached hydrogens (primary N) is 1. The van der Waals surface area contributed by atoms with Gasteiger partial charge in [0.1, 0.15) is 0 Å². The molecule has 0 saturated heterocycles. The third-order valence-electron chi connectivity index (χ3n) is 4.12. The number of carbonyl (C=O) groups is 1. The van der Waals surface area contributed by atoms with E-state index >= 15 is 0 Å². The Morgan fingerprint density at radius 1 is 1.11 bits per heavy atom. The Morgan fingerprint density at radius 2 is 1.78 bits per heavy atom. The largest absolute Gasteiger partial charge is 0.344 e. The molecule has 0 aliphatic heterocycles. The van der Waals surface area contributed by atoms with Crippen LogP contribution in [0.3, 0.4) is 0 Å². The van der Waals surface area contributed by atoms with Crippen molar-refractivity contribution in [1.82, 2.24) is 5.32 Å². The SMILES string of the molecule is CCCC(N)C(=O)NC(c1cccc(S(C)(=O)=O)c1)c1ccc(F)c(F)c1. The van der Waals surface area contributed by atoms with Crippen LogP contribution < -0.4 is 11.1 Å². The van der Waals surface area contributed by atoms with Gasteiger partial charge in [-0.2, -0.15) is 0 Å². The van der Waals surface area contributed by atoms with Crippen molar-refractivity contribution in [1.29, 1.82) is 0 Å². The Kier molecular flexibility index (Phi) is 6.67. The normalized spacial score (nSPS) is 13.8. The molecule has 3 N–H and O–H groups in total. The lowest BCUT2D eigenvalue weighted by Crippen LogP contribution is -2.42. The minimum absolute atomic E-state index is 0.0553. The number of sulfone groups is 1. The number of benzene rings is 2. The fourth-order valence-electron chi connectivity index (χ4n) is 2.67. The van der Waals surface area contributed by atoms with Crippen molar-refractivity contribution in [2.24, 2.45) is 5.73 Å². The van der Waals surface area contributed by atoms with Gasteiger partial charge in [0, 0.05) is 6.26 Å². The molecule has 0 fully saturated rings. The maximum atomic E-state index is 13.7. The first-order valence-corrected chi connectivity index (χ1v) is 10.3. The van der Waals surface area contributed by atoms with Gasteiger partial charge in [-0.3, -0.25) is 4.79 Å². The number of hydrogen-bond acceptors (Lipinski definition) is 4. The lowest BCUT2D eigenvalue weighted by Gasteiger charge is -2.22. The summed E-state index contributed by atoms with van der Waals surface area (Å²) in [7, 11) is -3.48. The summed E-state index contributed by atoms with van der Waals surface area (Å²) in [6.45, 7) is 1.88. The standard InChI is InChI=1S/C19H22F2N2O3S/c1-3-5-17(22)19(24)23-18(13-8-9-15(20)16(21)11-13)12-6-4-7-14(10-12)27(2,25)26/h4,6-11,17-18H,3,5,22H2,1-2H3,(H,23,24). The molecular weight excluding hydrogens is 374 g/mol. The van der Waals surface area contributed by atoms with E-state index in [-0.39, 0.29) is 10.5 Å². The van der Waals surface area contributed by atoms with E-state index in [2.05, 4.69) is 5.32 Å². The monoisotopic (exact) mass is 396 g/mol. The van der Waals surface area contributed by atoms with E-state index in [0.717, 1.165) is 18.4 Å². The molecule has 2 rings (SSSR count). The molecule has 0 saturated carbocycles. The number of carbonyl (C=O) groups excluding carboxylic acids is 1. The highest BCUT2D eigenvalue weighted by Gasteiger charge is 2.22. The fraction of sp³-hybridized carbons (Fsp3) is 0.316. The van der Waals surface area contributed by atoms with Gasteiger partial charge < -0.3 is 11.1 Å². The van der Waals surface area contributed by atoms with Crippen molar-refractivity contribution in [2.45, 2.75) is 36.7 Å². The van der Waals surface area contributed by atoms with E-state index in [4.69, 9.17) is 5.73 Å². The van der Waals surface area contributed by atoms with E-state index in [9.17, 15) is 22.0 Å². The van der Waals surface area contributed by atoms with Gasteiger partial charge in [0.2, 0.25) is 5.91 Å². The molecule has 146 valence electrons. The number of halogens is 2. The Balaban J connectivity index is 2.49. The smallest absolute Gasteiger partial charge is 0.237 e. The van der Waals surface area contributed by atoms with Crippen LogP contribution in [0.1, 0.15) is 36.9 Å². The van der Waals surface area contributed by atoms with E-state index in [1.54, 1.807) is 6.07 Å². The fourth-order valence-corrected chi connectivity index (χ4v) is 3.34. The first kappa shape index (κ1) is 21.0. The van der Waals surface area contributed by atoms with Gasteiger partial charge in [-0.1, -0.05) is 31.5 Å². The summed E-state index contributed by atoms with van der Waals surface area (Å²) < 4.78 is 50.7. The predicted molar refractivity (Wildman–Crippen MR) is 98.8 cm³/mol. The molecular formula is C19H22F2N2O3S. The zero-order chi connectivity index (χ0) is 20.2.